The lowest BCUT2D eigenvalue weighted by molar-refractivity contribution is 0.142. The molecule has 0 saturated heterocycles. The molecule has 1 N–H and O–H groups in total. The number of nitrogens with zero attached hydrogens (tertiary/aromatic N) is 1. The molecule has 43 heavy (non-hydrogen) atoms. The first-order valence-electron chi connectivity index (χ1n) is 14.8. The van der Waals surface area contributed by atoms with Gasteiger partial charge in [0, 0.05) is 22.6 Å². The van der Waals surface area contributed by atoms with Gasteiger partial charge in [-0.1, -0.05) is 121 Å². The number of allylic oxidation sites excluding steroid dienone is 2. The summed E-state index contributed by atoms with van der Waals surface area (Å²) in [5, 5.41) is 4.51. The monoisotopic (exact) mass is 556 g/mol. The van der Waals surface area contributed by atoms with Crippen LogP contribution in [-0.4, -0.2) is 12.0 Å². The van der Waals surface area contributed by atoms with Crippen molar-refractivity contribution in [3.63, 3.8) is 0 Å². The molecule has 206 valence electrons. The van der Waals surface area contributed by atoms with Crippen molar-refractivity contribution in [3.05, 3.63) is 179 Å². The number of hydrogen-bond donors (Lipinski definition) is 1. The van der Waals surface area contributed by atoms with E-state index in [1.165, 1.54) is 27.8 Å². The fourth-order valence-electron chi connectivity index (χ4n) is 7.50. The summed E-state index contributed by atoms with van der Waals surface area (Å²) in [6.07, 6.45) is 6.51. The third kappa shape index (κ3) is 3.53. The molecular weight excluding hydrogens is 528 g/mol. The highest BCUT2D eigenvalue weighted by molar-refractivity contribution is 5.96. The van der Waals surface area contributed by atoms with Crippen LogP contribution in [0.15, 0.2) is 151 Å². The number of para-hydroxylation sites is 1. The molecule has 1 spiro atoms. The Bertz CT molecular complexity index is 1940. The minimum absolute atomic E-state index is 0.0949. The van der Waals surface area contributed by atoms with Crippen LogP contribution in [0.25, 0.3) is 16.7 Å². The summed E-state index contributed by atoms with van der Waals surface area (Å²) in [7, 11) is 0. The Hall–Kier alpha value is -5.35. The van der Waals surface area contributed by atoms with Crippen LogP contribution in [0, 0.1) is 5.92 Å². The fraction of sp³-hybridized carbons (Fsp3) is 0.103. The van der Waals surface area contributed by atoms with Gasteiger partial charge in [-0.05, 0) is 57.7 Å². The van der Waals surface area contributed by atoms with Gasteiger partial charge in [-0.3, -0.25) is 5.43 Å². The lowest BCUT2D eigenvalue weighted by atomic mass is 9.60. The van der Waals surface area contributed by atoms with Gasteiger partial charge >= 0.3 is 0 Å². The van der Waals surface area contributed by atoms with Gasteiger partial charge in [0.15, 0.2) is 0 Å². The van der Waals surface area contributed by atoms with E-state index in [0.29, 0.717) is 5.90 Å². The van der Waals surface area contributed by atoms with E-state index in [0.717, 1.165) is 28.0 Å². The number of ether oxygens (including phenoxy) is 2. The Morgan fingerprint density at radius 2 is 1.30 bits per heavy atom. The Labute approximate surface area is 250 Å². The highest BCUT2D eigenvalue weighted by Crippen LogP contribution is 2.61. The average molecular weight is 557 g/mol. The van der Waals surface area contributed by atoms with E-state index in [2.05, 4.69) is 120 Å². The zero-order valence-corrected chi connectivity index (χ0v) is 23.4. The number of hydrazone groups is 1. The Morgan fingerprint density at radius 1 is 0.628 bits per heavy atom. The molecule has 2 aliphatic heterocycles. The van der Waals surface area contributed by atoms with Gasteiger partial charge in [0.05, 0.1) is 5.41 Å². The molecule has 2 heterocycles. The van der Waals surface area contributed by atoms with Gasteiger partial charge in [-0.25, -0.2) is 0 Å². The summed E-state index contributed by atoms with van der Waals surface area (Å²) in [5.74, 6) is 1.63. The molecule has 0 bridgehead atoms. The second kappa shape index (κ2) is 9.33. The van der Waals surface area contributed by atoms with Crippen LogP contribution in [0.2, 0.25) is 0 Å². The smallest absolute Gasteiger partial charge is 0.240 e. The fourth-order valence-corrected chi connectivity index (χ4v) is 7.50. The second-order valence-corrected chi connectivity index (χ2v) is 11.5. The van der Waals surface area contributed by atoms with Gasteiger partial charge < -0.3 is 9.47 Å². The van der Waals surface area contributed by atoms with Crippen LogP contribution >= 0.6 is 0 Å². The van der Waals surface area contributed by atoms with Crippen LogP contribution in [0.4, 0.5) is 0 Å². The van der Waals surface area contributed by atoms with Gasteiger partial charge in [0.2, 0.25) is 12.1 Å². The maximum Gasteiger partial charge on any atom is 0.240 e. The Kier molecular flexibility index (Phi) is 5.27. The summed E-state index contributed by atoms with van der Waals surface area (Å²) in [6.45, 7) is 0. The van der Waals surface area contributed by atoms with Crippen molar-refractivity contribution in [2.45, 2.75) is 17.7 Å². The SMILES string of the molecule is C1=CC2C(C=C1c1cccc(C3=NNC(c4ccccc4)O3)c1)Oc1ccccc1C21c2ccccc2-c2ccccc21. The first kappa shape index (κ1) is 24.3. The zero-order chi connectivity index (χ0) is 28.4. The lowest BCUT2D eigenvalue weighted by Gasteiger charge is -2.47. The second-order valence-electron chi connectivity index (χ2n) is 11.5. The number of hydrogen-bond acceptors (Lipinski definition) is 4. The van der Waals surface area contributed by atoms with Crippen molar-refractivity contribution in [3.8, 4) is 16.9 Å². The molecule has 3 atom stereocenters. The third-order valence-electron chi connectivity index (χ3n) is 9.31. The van der Waals surface area contributed by atoms with Gasteiger partial charge in [0.25, 0.3) is 0 Å². The molecule has 0 amide bonds. The summed E-state index contributed by atoms with van der Waals surface area (Å²) in [6, 6.07) is 44.9. The highest BCUT2D eigenvalue weighted by Gasteiger charge is 2.55. The third-order valence-corrected chi connectivity index (χ3v) is 9.31. The number of fused-ring (bicyclic) bond motifs is 9. The summed E-state index contributed by atoms with van der Waals surface area (Å²) >= 11 is 0. The maximum absolute atomic E-state index is 6.81. The van der Waals surface area contributed by atoms with Crippen LogP contribution in [-0.2, 0) is 10.2 Å². The zero-order valence-electron chi connectivity index (χ0n) is 23.4. The normalized spacial score (nSPS) is 21.7. The van der Waals surface area contributed by atoms with Gasteiger partial charge in [-0.2, -0.15) is 0 Å². The Morgan fingerprint density at radius 3 is 2.09 bits per heavy atom. The molecule has 0 radical (unpaired) electrons. The Balaban J connectivity index is 1.11. The van der Waals surface area contributed by atoms with Gasteiger partial charge in [-0.15, -0.1) is 5.10 Å². The first-order valence-corrected chi connectivity index (χ1v) is 14.8. The van der Waals surface area contributed by atoms with E-state index in [1.54, 1.807) is 0 Å². The molecule has 4 heteroatoms. The molecule has 4 aliphatic rings. The maximum atomic E-state index is 6.81. The van der Waals surface area contributed by atoms with E-state index in [9.17, 15) is 0 Å². The molecule has 0 saturated carbocycles. The topological polar surface area (TPSA) is 42.9 Å². The minimum Gasteiger partial charge on any atom is -0.485 e. The molecule has 0 aromatic heterocycles. The van der Waals surface area contributed by atoms with E-state index in [1.807, 2.05) is 36.4 Å². The van der Waals surface area contributed by atoms with Crippen molar-refractivity contribution >= 4 is 11.5 Å². The molecule has 2 aliphatic carbocycles. The molecule has 5 aromatic rings. The standard InChI is InChI=1S/C39H28N2O2/c1-2-11-25(12-3-1)37-40-41-38(43-37)28-14-10-13-26(23-28)27-21-22-34-36(24-27)42-35-20-9-8-19-33(35)39(34)31-17-6-4-15-29(31)30-16-5-7-18-32(30)39/h1-24,34,36-37,40H. The average Bonchev–Trinajstić information content (AvgIpc) is 3.68. The number of benzene rings is 5. The molecule has 9 rings (SSSR count). The molecule has 3 unspecified atom stereocenters. The summed E-state index contributed by atoms with van der Waals surface area (Å²) in [5.41, 5.74) is 13.5. The van der Waals surface area contributed by atoms with Crippen LogP contribution < -0.4 is 10.2 Å². The largest absolute Gasteiger partial charge is 0.485 e. The highest BCUT2D eigenvalue weighted by atomic mass is 16.5. The van der Waals surface area contributed by atoms with E-state index in [-0.39, 0.29) is 23.7 Å². The number of nitrogens with one attached hydrogen (secondary N) is 1. The van der Waals surface area contributed by atoms with Crippen molar-refractivity contribution in [1.82, 2.24) is 5.43 Å². The van der Waals surface area contributed by atoms with Crippen molar-refractivity contribution in [2.24, 2.45) is 11.0 Å². The van der Waals surface area contributed by atoms with Crippen molar-refractivity contribution < 1.29 is 9.47 Å². The van der Waals surface area contributed by atoms with Crippen LogP contribution in [0.3, 0.4) is 0 Å². The quantitative estimate of drug-likeness (QED) is 0.245. The number of rotatable bonds is 3. The predicted octanol–water partition coefficient (Wildman–Crippen LogP) is 8.01. The molecule has 5 aromatic carbocycles. The summed E-state index contributed by atoms with van der Waals surface area (Å²) in [4.78, 5) is 0. The molecular formula is C39H28N2O2. The molecule has 0 fully saturated rings. The van der Waals surface area contributed by atoms with E-state index >= 15 is 0 Å². The van der Waals surface area contributed by atoms with Crippen molar-refractivity contribution in [2.75, 3.05) is 0 Å². The van der Waals surface area contributed by atoms with E-state index in [4.69, 9.17) is 9.47 Å². The van der Waals surface area contributed by atoms with E-state index < -0.39 is 0 Å². The first-order chi connectivity index (χ1) is 21.3. The molecule has 4 nitrogen and oxygen atoms in total. The van der Waals surface area contributed by atoms with Crippen LogP contribution in [0.5, 0.6) is 5.75 Å². The minimum atomic E-state index is -0.336. The predicted molar refractivity (Wildman–Crippen MR) is 170 cm³/mol. The van der Waals surface area contributed by atoms with Crippen LogP contribution in [0.1, 0.15) is 39.6 Å². The lowest BCUT2D eigenvalue weighted by Crippen LogP contribution is -2.47. The summed E-state index contributed by atoms with van der Waals surface area (Å²) < 4.78 is 13.0. The van der Waals surface area contributed by atoms with Crippen molar-refractivity contribution in [1.29, 1.82) is 0 Å². The van der Waals surface area contributed by atoms with Gasteiger partial charge in [0.1, 0.15) is 11.9 Å².